The van der Waals surface area contributed by atoms with Crippen molar-refractivity contribution in [2.45, 2.75) is 45.3 Å². The summed E-state index contributed by atoms with van der Waals surface area (Å²) in [5, 5.41) is 0. The highest BCUT2D eigenvalue weighted by molar-refractivity contribution is 6.12. The Hall–Kier alpha value is -1.52. The van der Waals surface area contributed by atoms with Gasteiger partial charge in [0.2, 0.25) is 0 Å². The van der Waals surface area contributed by atoms with Gasteiger partial charge in [0.1, 0.15) is 5.78 Å². The molecule has 1 saturated heterocycles. The van der Waals surface area contributed by atoms with Crippen LogP contribution in [0.5, 0.6) is 0 Å². The van der Waals surface area contributed by atoms with Crippen molar-refractivity contribution >= 4 is 11.6 Å². The fraction of sp³-hybridized carbons (Fsp3) is 0.619. The molecule has 2 aliphatic carbocycles. The summed E-state index contributed by atoms with van der Waals surface area (Å²) in [5.74, 6) is -0.530. The van der Waals surface area contributed by atoms with Crippen molar-refractivity contribution < 1.29 is 19.1 Å². The maximum atomic E-state index is 13.3. The molecule has 2 saturated carbocycles. The zero-order chi connectivity index (χ0) is 17.7. The van der Waals surface area contributed by atoms with E-state index in [1.54, 1.807) is 0 Å². The topological polar surface area (TPSA) is 52.6 Å². The van der Waals surface area contributed by atoms with Crippen LogP contribution in [0.2, 0.25) is 0 Å². The standard InChI is InChI=1S/C21H26O4/c1-14-17-9-8-16(18(22)15-6-4-3-5-7-15)19(23)20(17,2)10-11-21(14)24-12-13-25-21/h3-7,14,16-17H,8-13H2,1-2H3/t14-,16?,17-,20-/m1/s1. The number of Topliss-reactive ketones (excluding diaryl/α,β-unsaturated/α-hetero) is 2. The zero-order valence-electron chi connectivity index (χ0n) is 15.0. The predicted octanol–water partition coefficient (Wildman–Crippen LogP) is 3.64. The molecule has 1 heterocycles. The van der Waals surface area contributed by atoms with Gasteiger partial charge in [-0.15, -0.1) is 0 Å². The van der Waals surface area contributed by atoms with Crippen molar-refractivity contribution in [2.75, 3.05) is 13.2 Å². The number of ketones is 2. The molecule has 1 spiro atoms. The third-order valence-corrected chi connectivity index (χ3v) is 6.91. The highest BCUT2D eigenvalue weighted by Gasteiger charge is 2.60. The van der Waals surface area contributed by atoms with Crippen LogP contribution in [0.4, 0.5) is 0 Å². The zero-order valence-corrected chi connectivity index (χ0v) is 15.0. The minimum Gasteiger partial charge on any atom is -0.347 e. The maximum Gasteiger partial charge on any atom is 0.173 e. The smallest absolute Gasteiger partial charge is 0.173 e. The first-order valence-corrected chi connectivity index (χ1v) is 9.39. The average molecular weight is 342 g/mol. The Morgan fingerprint density at radius 3 is 2.44 bits per heavy atom. The van der Waals surface area contributed by atoms with Gasteiger partial charge in [-0.2, -0.15) is 0 Å². The van der Waals surface area contributed by atoms with Gasteiger partial charge in [0.15, 0.2) is 11.6 Å². The van der Waals surface area contributed by atoms with Crippen LogP contribution in [0.3, 0.4) is 0 Å². The molecule has 1 aliphatic heterocycles. The largest absolute Gasteiger partial charge is 0.347 e. The molecule has 25 heavy (non-hydrogen) atoms. The van der Waals surface area contributed by atoms with Gasteiger partial charge in [-0.3, -0.25) is 9.59 Å². The van der Waals surface area contributed by atoms with E-state index >= 15 is 0 Å². The summed E-state index contributed by atoms with van der Waals surface area (Å²) in [5.41, 5.74) is 0.193. The van der Waals surface area contributed by atoms with Gasteiger partial charge in [-0.25, -0.2) is 0 Å². The molecule has 4 nitrogen and oxygen atoms in total. The first-order valence-electron chi connectivity index (χ1n) is 9.39. The monoisotopic (exact) mass is 342 g/mol. The van der Waals surface area contributed by atoms with Crippen molar-refractivity contribution in [3.8, 4) is 0 Å². The van der Waals surface area contributed by atoms with Gasteiger partial charge < -0.3 is 9.47 Å². The van der Waals surface area contributed by atoms with Crippen molar-refractivity contribution in [1.82, 2.24) is 0 Å². The molecule has 1 unspecified atom stereocenters. The van der Waals surface area contributed by atoms with E-state index in [1.165, 1.54) is 0 Å². The molecule has 4 rings (SSSR count). The van der Waals surface area contributed by atoms with E-state index in [-0.39, 0.29) is 23.4 Å². The molecule has 134 valence electrons. The van der Waals surface area contributed by atoms with Crippen molar-refractivity contribution in [1.29, 1.82) is 0 Å². The van der Waals surface area contributed by atoms with Crippen LogP contribution in [-0.4, -0.2) is 30.6 Å². The lowest BCUT2D eigenvalue weighted by Crippen LogP contribution is -2.58. The number of ether oxygens (including phenoxy) is 2. The van der Waals surface area contributed by atoms with Gasteiger partial charge in [0.05, 0.1) is 19.1 Å². The lowest BCUT2D eigenvalue weighted by atomic mass is 9.52. The summed E-state index contributed by atoms with van der Waals surface area (Å²) >= 11 is 0. The predicted molar refractivity (Wildman–Crippen MR) is 93.1 cm³/mol. The Balaban J connectivity index is 1.59. The van der Waals surface area contributed by atoms with E-state index in [2.05, 4.69) is 13.8 Å². The SMILES string of the molecule is C[C@@H]1[C@H]2CCC(C(=O)c3ccccc3)C(=O)[C@]2(C)CCC12OCCO2. The fourth-order valence-corrected chi connectivity index (χ4v) is 5.39. The van der Waals surface area contributed by atoms with E-state index in [0.717, 1.165) is 19.3 Å². The van der Waals surface area contributed by atoms with Crippen molar-refractivity contribution in [3.05, 3.63) is 35.9 Å². The quantitative estimate of drug-likeness (QED) is 0.608. The number of fused-ring (bicyclic) bond motifs is 1. The highest BCUT2D eigenvalue weighted by atomic mass is 16.7. The molecule has 4 atom stereocenters. The van der Waals surface area contributed by atoms with E-state index in [1.807, 2.05) is 30.3 Å². The Morgan fingerprint density at radius 2 is 1.76 bits per heavy atom. The van der Waals surface area contributed by atoms with E-state index in [0.29, 0.717) is 25.2 Å². The maximum absolute atomic E-state index is 13.3. The van der Waals surface area contributed by atoms with Crippen LogP contribution in [-0.2, 0) is 14.3 Å². The second-order valence-corrected chi connectivity index (χ2v) is 8.05. The van der Waals surface area contributed by atoms with Gasteiger partial charge in [-0.1, -0.05) is 44.2 Å². The number of benzene rings is 1. The molecule has 4 heteroatoms. The Labute approximate surface area is 148 Å². The molecular weight excluding hydrogens is 316 g/mol. The molecule has 1 aromatic rings. The van der Waals surface area contributed by atoms with E-state index < -0.39 is 17.1 Å². The molecule has 0 bridgehead atoms. The van der Waals surface area contributed by atoms with Crippen LogP contribution in [0.25, 0.3) is 0 Å². The first-order chi connectivity index (χ1) is 12.0. The summed E-state index contributed by atoms with van der Waals surface area (Å²) < 4.78 is 11.9. The van der Waals surface area contributed by atoms with Gasteiger partial charge in [0, 0.05) is 23.3 Å². The summed E-state index contributed by atoms with van der Waals surface area (Å²) in [4.78, 5) is 26.2. The third kappa shape index (κ3) is 2.49. The number of rotatable bonds is 2. The van der Waals surface area contributed by atoms with Crippen LogP contribution >= 0.6 is 0 Å². The molecule has 0 amide bonds. The summed E-state index contributed by atoms with van der Waals surface area (Å²) in [6, 6.07) is 9.21. The van der Waals surface area contributed by atoms with E-state index in [9.17, 15) is 9.59 Å². The van der Waals surface area contributed by atoms with Crippen LogP contribution in [0.1, 0.15) is 49.9 Å². The normalized spacial score (nSPS) is 37.0. The molecule has 1 aromatic carbocycles. The third-order valence-electron chi connectivity index (χ3n) is 6.91. The molecule has 3 aliphatic rings. The van der Waals surface area contributed by atoms with Gasteiger partial charge in [-0.05, 0) is 25.2 Å². The minimum absolute atomic E-state index is 0.0217. The van der Waals surface area contributed by atoms with Gasteiger partial charge in [0.25, 0.3) is 0 Å². The molecule has 0 N–H and O–H groups in total. The Morgan fingerprint density at radius 1 is 1.08 bits per heavy atom. The summed E-state index contributed by atoms with van der Waals surface area (Å²) in [6.07, 6.45) is 2.98. The lowest BCUT2D eigenvalue weighted by Gasteiger charge is -2.54. The Kier molecular flexibility index (Phi) is 4.08. The summed E-state index contributed by atoms with van der Waals surface area (Å²) in [7, 11) is 0. The number of hydrogen-bond donors (Lipinski definition) is 0. The number of carbonyl (C=O) groups is 2. The Bertz CT molecular complexity index is 676. The van der Waals surface area contributed by atoms with Crippen LogP contribution < -0.4 is 0 Å². The van der Waals surface area contributed by atoms with Crippen molar-refractivity contribution in [2.24, 2.45) is 23.2 Å². The molecule has 3 fully saturated rings. The minimum atomic E-state index is -0.513. The molecule has 0 aromatic heterocycles. The average Bonchev–Trinajstić information content (AvgIpc) is 3.11. The van der Waals surface area contributed by atoms with Crippen LogP contribution in [0.15, 0.2) is 30.3 Å². The molecular formula is C21H26O4. The molecule has 0 radical (unpaired) electrons. The van der Waals surface area contributed by atoms with E-state index in [4.69, 9.17) is 9.47 Å². The highest BCUT2D eigenvalue weighted by Crippen LogP contribution is 2.57. The number of hydrogen-bond acceptors (Lipinski definition) is 4. The second kappa shape index (κ2) is 6.03. The fourth-order valence-electron chi connectivity index (χ4n) is 5.39. The number of carbonyl (C=O) groups excluding carboxylic acids is 2. The van der Waals surface area contributed by atoms with Gasteiger partial charge >= 0.3 is 0 Å². The first kappa shape index (κ1) is 16.9. The summed E-state index contributed by atoms with van der Waals surface area (Å²) in [6.45, 7) is 5.48. The van der Waals surface area contributed by atoms with Crippen LogP contribution in [0, 0.1) is 23.2 Å². The lowest BCUT2D eigenvalue weighted by molar-refractivity contribution is -0.243. The second-order valence-electron chi connectivity index (χ2n) is 8.05. The van der Waals surface area contributed by atoms with Crippen molar-refractivity contribution in [3.63, 3.8) is 0 Å².